The molecule has 126 valence electrons. The minimum absolute atomic E-state index is 0.0893. The molecule has 2 unspecified atom stereocenters. The van der Waals surface area contributed by atoms with Crippen LogP contribution in [0.25, 0.3) is 0 Å². The highest BCUT2D eigenvalue weighted by molar-refractivity contribution is 5.95. The van der Waals surface area contributed by atoms with E-state index in [-0.39, 0.29) is 30.4 Å². The van der Waals surface area contributed by atoms with Gasteiger partial charge >= 0.3 is 0 Å². The highest BCUT2D eigenvalue weighted by Gasteiger charge is 2.21. The lowest BCUT2D eigenvalue weighted by molar-refractivity contribution is -0.124. The molecule has 0 aliphatic carbocycles. The summed E-state index contributed by atoms with van der Waals surface area (Å²) < 4.78 is 5.12. The Kier molecular flexibility index (Phi) is 6.12. The third-order valence-corrected chi connectivity index (χ3v) is 4.16. The smallest absolute Gasteiger partial charge is 0.227 e. The van der Waals surface area contributed by atoms with E-state index in [1.807, 2.05) is 31.2 Å². The van der Waals surface area contributed by atoms with Crippen LogP contribution in [0.1, 0.15) is 37.8 Å². The fraction of sp³-hybridized carbons (Fsp3) is 0.529. The summed E-state index contributed by atoms with van der Waals surface area (Å²) >= 11 is 0. The van der Waals surface area contributed by atoms with Crippen LogP contribution in [-0.2, 0) is 14.3 Å². The second-order valence-corrected chi connectivity index (χ2v) is 5.83. The summed E-state index contributed by atoms with van der Waals surface area (Å²) in [6.07, 6.45) is 1.52. The van der Waals surface area contributed by atoms with Gasteiger partial charge in [-0.15, -0.1) is 0 Å². The minimum Gasteiger partial charge on any atom is -0.380 e. The molecule has 0 bridgehead atoms. The third-order valence-electron chi connectivity index (χ3n) is 4.16. The second kappa shape index (κ2) is 8.08. The van der Waals surface area contributed by atoms with E-state index < -0.39 is 0 Å². The maximum Gasteiger partial charge on any atom is 0.227 e. The first-order valence-corrected chi connectivity index (χ1v) is 7.97. The van der Waals surface area contributed by atoms with Crippen molar-refractivity contribution < 1.29 is 14.3 Å². The molecule has 1 fully saturated rings. The Hall–Kier alpha value is -1.92. The lowest BCUT2D eigenvalue weighted by Crippen LogP contribution is -2.33. The number of hydrogen-bond donors (Lipinski definition) is 2. The quantitative estimate of drug-likeness (QED) is 0.794. The summed E-state index contributed by atoms with van der Waals surface area (Å²) in [5, 5.41) is 2.94. The molecule has 23 heavy (non-hydrogen) atoms. The van der Waals surface area contributed by atoms with Crippen LogP contribution < -0.4 is 16.0 Å². The number of nitrogens with two attached hydrogens (primary N) is 1. The van der Waals surface area contributed by atoms with Crippen molar-refractivity contribution in [2.45, 2.75) is 38.3 Å². The summed E-state index contributed by atoms with van der Waals surface area (Å²) in [6, 6.07) is 7.64. The van der Waals surface area contributed by atoms with Gasteiger partial charge in [-0.2, -0.15) is 0 Å². The first kappa shape index (κ1) is 17.4. The van der Waals surface area contributed by atoms with Gasteiger partial charge in [-0.25, -0.2) is 0 Å². The zero-order chi connectivity index (χ0) is 16.8. The van der Waals surface area contributed by atoms with Gasteiger partial charge in [0.05, 0.1) is 18.6 Å². The fourth-order valence-corrected chi connectivity index (χ4v) is 2.72. The molecule has 3 N–H and O–H groups in total. The average Bonchev–Trinajstić information content (AvgIpc) is 2.98. The van der Waals surface area contributed by atoms with Crippen LogP contribution >= 0.6 is 0 Å². The van der Waals surface area contributed by atoms with Gasteiger partial charge < -0.3 is 20.7 Å². The maximum absolute atomic E-state index is 12.0. The van der Waals surface area contributed by atoms with Crippen LogP contribution in [0.4, 0.5) is 5.69 Å². The van der Waals surface area contributed by atoms with Gasteiger partial charge in [-0.3, -0.25) is 9.59 Å². The average molecular weight is 319 g/mol. The fourth-order valence-electron chi connectivity index (χ4n) is 2.72. The Bertz CT molecular complexity index is 541. The summed E-state index contributed by atoms with van der Waals surface area (Å²) in [4.78, 5) is 25.5. The standard InChI is InChI=1S/C17H25N3O3/c1-12(19-16(21)10-15(11-18)23-2)13-5-7-14(8-6-13)20-9-3-4-17(20)22/h5-8,12,15H,3-4,9-11,18H2,1-2H3,(H,19,21). The van der Waals surface area contributed by atoms with Crippen LogP contribution in [0.5, 0.6) is 0 Å². The molecule has 0 saturated carbocycles. The van der Waals surface area contributed by atoms with Gasteiger partial charge in [0.2, 0.25) is 11.8 Å². The number of nitrogens with one attached hydrogen (secondary N) is 1. The van der Waals surface area contributed by atoms with E-state index in [2.05, 4.69) is 5.32 Å². The van der Waals surface area contributed by atoms with Gasteiger partial charge in [0.25, 0.3) is 0 Å². The third kappa shape index (κ3) is 4.53. The number of carbonyl (C=O) groups is 2. The number of benzene rings is 1. The second-order valence-electron chi connectivity index (χ2n) is 5.83. The Balaban J connectivity index is 1.93. The van der Waals surface area contributed by atoms with Crippen LogP contribution in [-0.4, -0.2) is 38.1 Å². The molecule has 2 amide bonds. The summed E-state index contributed by atoms with van der Waals surface area (Å²) in [6.45, 7) is 3.02. The highest BCUT2D eigenvalue weighted by Crippen LogP contribution is 2.23. The monoisotopic (exact) mass is 319 g/mol. The molecule has 0 radical (unpaired) electrons. The predicted molar refractivity (Wildman–Crippen MR) is 89.1 cm³/mol. The Morgan fingerprint density at radius 2 is 2.09 bits per heavy atom. The molecule has 0 aromatic heterocycles. The Morgan fingerprint density at radius 1 is 1.39 bits per heavy atom. The molecule has 1 aromatic rings. The predicted octanol–water partition coefficient (Wildman–Crippen LogP) is 1.35. The molecule has 2 rings (SSSR count). The highest BCUT2D eigenvalue weighted by atomic mass is 16.5. The van der Waals surface area contributed by atoms with E-state index in [4.69, 9.17) is 10.5 Å². The van der Waals surface area contributed by atoms with Crippen molar-refractivity contribution in [3.8, 4) is 0 Å². The lowest BCUT2D eigenvalue weighted by atomic mass is 10.1. The lowest BCUT2D eigenvalue weighted by Gasteiger charge is -2.19. The van der Waals surface area contributed by atoms with Gasteiger partial charge in [0, 0.05) is 32.3 Å². The molecule has 1 aliphatic heterocycles. The van der Waals surface area contributed by atoms with Gasteiger partial charge in [-0.05, 0) is 31.0 Å². The van der Waals surface area contributed by atoms with E-state index in [9.17, 15) is 9.59 Å². The summed E-state index contributed by atoms with van der Waals surface area (Å²) in [5.74, 6) is 0.0834. The van der Waals surface area contributed by atoms with Gasteiger partial charge in [-0.1, -0.05) is 12.1 Å². The summed E-state index contributed by atoms with van der Waals surface area (Å²) in [5.41, 5.74) is 7.43. The van der Waals surface area contributed by atoms with E-state index in [0.717, 1.165) is 24.2 Å². The van der Waals surface area contributed by atoms with E-state index in [1.165, 1.54) is 0 Å². The van der Waals surface area contributed by atoms with Gasteiger partial charge in [0.15, 0.2) is 0 Å². The zero-order valence-electron chi connectivity index (χ0n) is 13.7. The molecule has 1 aromatic carbocycles. The maximum atomic E-state index is 12.0. The molecule has 1 saturated heterocycles. The molecule has 1 heterocycles. The summed E-state index contributed by atoms with van der Waals surface area (Å²) in [7, 11) is 1.55. The number of carbonyl (C=O) groups excluding carboxylic acids is 2. The number of nitrogens with zero attached hydrogens (tertiary/aromatic N) is 1. The number of ether oxygens (including phenoxy) is 1. The van der Waals surface area contributed by atoms with Crippen molar-refractivity contribution in [3.63, 3.8) is 0 Å². The number of methoxy groups -OCH3 is 1. The zero-order valence-corrected chi connectivity index (χ0v) is 13.7. The molecule has 1 aliphatic rings. The molecule has 2 atom stereocenters. The molecular formula is C17H25N3O3. The van der Waals surface area contributed by atoms with Crippen molar-refractivity contribution in [1.29, 1.82) is 0 Å². The number of hydrogen-bond acceptors (Lipinski definition) is 4. The van der Waals surface area contributed by atoms with Crippen LogP contribution in [0, 0.1) is 0 Å². The molecule has 6 nitrogen and oxygen atoms in total. The Labute approximate surface area is 137 Å². The van der Waals surface area contributed by atoms with E-state index in [0.29, 0.717) is 13.0 Å². The first-order valence-electron chi connectivity index (χ1n) is 7.97. The number of amides is 2. The van der Waals surface area contributed by atoms with Crippen molar-refractivity contribution in [3.05, 3.63) is 29.8 Å². The van der Waals surface area contributed by atoms with Crippen LogP contribution in [0.15, 0.2) is 24.3 Å². The van der Waals surface area contributed by atoms with Crippen molar-refractivity contribution in [2.24, 2.45) is 5.73 Å². The van der Waals surface area contributed by atoms with Gasteiger partial charge in [0.1, 0.15) is 0 Å². The molecule has 0 spiro atoms. The number of anilines is 1. The number of rotatable bonds is 7. The van der Waals surface area contributed by atoms with Crippen LogP contribution in [0.2, 0.25) is 0 Å². The van der Waals surface area contributed by atoms with Crippen LogP contribution in [0.3, 0.4) is 0 Å². The van der Waals surface area contributed by atoms with E-state index in [1.54, 1.807) is 12.0 Å². The molecular weight excluding hydrogens is 294 g/mol. The SMILES string of the molecule is COC(CN)CC(=O)NC(C)c1ccc(N2CCCC2=O)cc1. The Morgan fingerprint density at radius 3 is 2.61 bits per heavy atom. The van der Waals surface area contributed by atoms with Crippen molar-refractivity contribution in [2.75, 3.05) is 25.1 Å². The van der Waals surface area contributed by atoms with E-state index >= 15 is 0 Å². The topological polar surface area (TPSA) is 84.7 Å². The molecule has 6 heteroatoms. The normalized spacial score (nSPS) is 17.2. The minimum atomic E-state index is -0.259. The largest absolute Gasteiger partial charge is 0.380 e. The first-order chi connectivity index (χ1) is 11.0. The van der Waals surface area contributed by atoms with Crippen molar-refractivity contribution >= 4 is 17.5 Å². The van der Waals surface area contributed by atoms with Crippen molar-refractivity contribution in [1.82, 2.24) is 5.32 Å².